The summed E-state index contributed by atoms with van der Waals surface area (Å²) >= 11 is 0. The summed E-state index contributed by atoms with van der Waals surface area (Å²) in [4.78, 5) is 34.9. The lowest BCUT2D eigenvalue weighted by molar-refractivity contribution is -0.161. The second-order valence-electron chi connectivity index (χ2n) is 13.0. The molecule has 53 heavy (non-hydrogen) atoms. The number of allylic oxidation sites excluding steroid dienone is 12. The van der Waals surface area contributed by atoms with Crippen molar-refractivity contribution < 1.29 is 47.8 Å². The van der Waals surface area contributed by atoms with E-state index in [2.05, 4.69) is 91.3 Å². The summed E-state index contributed by atoms with van der Waals surface area (Å²) < 4.78 is 32.6. The van der Waals surface area contributed by atoms with Crippen molar-refractivity contribution in [2.24, 2.45) is 0 Å². The summed E-state index contributed by atoms with van der Waals surface area (Å²) in [6.07, 6.45) is 41.6. The zero-order chi connectivity index (χ0) is 39.1. The quantitative estimate of drug-likeness (QED) is 0.0185. The second kappa shape index (κ2) is 37.7. The predicted molar refractivity (Wildman–Crippen MR) is 214 cm³/mol. The zero-order valence-electron chi connectivity index (χ0n) is 32.7. The molecule has 0 saturated heterocycles. The standard InChI is InChI=1S/C42H71O10P/c1-3-5-7-9-11-13-15-17-19-21-23-25-27-29-31-33-41(45)49-37-40(38-51-53(47,48)50-36-39(44)35-43)52-42(46)34-32-30-28-26-24-22-20-18-16-14-12-10-8-6-4-2/h5,7,11,13-14,16-20,23,25,39-40,43-44H,3-4,6,8-10,12,15,21-22,24,26-38H2,1-2H3,(H,47,48)/b7-5+,13-11+,16-14+,19-17+,20-18+,25-23+/t39-,40+/m0/s1. The van der Waals surface area contributed by atoms with Crippen LogP contribution in [0.25, 0.3) is 0 Å². The average molecular weight is 767 g/mol. The third kappa shape index (κ3) is 37.5. The van der Waals surface area contributed by atoms with E-state index in [9.17, 15) is 24.2 Å². The molecule has 3 N–H and O–H groups in total. The Morgan fingerprint density at radius 1 is 0.604 bits per heavy atom. The maximum Gasteiger partial charge on any atom is 0.472 e. The Kier molecular flexibility index (Phi) is 35.9. The van der Waals surface area contributed by atoms with Crippen LogP contribution in [0, 0.1) is 0 Å². The minimum Gasteiger partial charge on any atom is -0.462 e. The number of carbonyl (C=O) groups excluding carboxylic acids is 2. The summed E-state index contributed by atoms with van der Waals surface area (Å²) in [6, 6.07) is 0. The molecule has 0 aromatic rings. The largest absolute Gasteiger partial charge is 0.472 e. The molecule has 0 aromatic carbocycles. The van der Waals surface area contributed by atoms with E-state index in [1.807, 2.05) is 0 Å². The first kappa shape index (κ1) is 50.4. The Bertz CT molecular complexity index is 1110. The number of carbonyl (C=O) groups is 2. The monoisotopic (exact) mass is 766 g/mol. The highest BCUT2D eigenvalue weighted by Crippen LogP contribution is 2.43. The van der Waals surface area contributed by atoms with Gasteiger partial charge in [-0.1, -0.05) is 125 Å². The molecular weight excluding hydrogens is 695 g/mol. The van der Waals surface area contributed by atoms with Crippen LogP contribution >= 0.6 is 7.82 Å². The maximum atomic E-state index is 12.6. The third-order valence-electron chi connectivity index (χ3n) is 7.87. The molecule has 0 aliphatic rings. The van der Waals surface area contributed by atoms with Gasteiger partial charge in [-0.2, -0.15) is 0 Å². The van der Waals surface area contributed by atoms with E-state index < -0.39 is 51.8 Å². The highest BCUT2D eigenvalue weighted by Gasteiger charge is 2.27. The van der Waals surface area contributed by atoms with Crippen LogP contribution in [-0.4, -0.2) is 65.7 Å². The van der Waals surface area contributed by atoms with Gasteiger partial charge in [0.25, 0.3) is 0 Å². The molecule has 10 nitrogen and oxygen atoms in total. The molecule has 0 aromatic heterocycles. The van der Waals surface area contributed by atoms with Gasteiger partial charge < -0.3 is 24.6 Å². The van der Waals surface area contributed by atoms with Crippen LogP contribution in [0.2, 0.25) is 0 Å². The van der Waals surface area contributed by atoms with Crippen LogP contribution in [0.4, 0.5) is 0 Å². The number of rotatable bonds is 36. The number of aliphatic hydroxyl groups excluding tert-OH is 2. The highest BCUT2D eigenvalue weighted by atomic mass is 31.2. The van der Waals surface area contributed by atoms with Crippen molar-refractivity contribution in [3.8, 4) is 0 Å². The van der Waals surface area contributed by atoms with E-state index >= 15 is 0 Å². The van der Waals surface area contributed by atoms with Gasteiger partial charge in [-0.3, -0.25) is 18.6 Å². The second-order valence-corrected chi connectivity index (χ2v) is 14.4. The van der Waals surface area contributed by atoms with Crippen LogP contribution in [0.3, 0.4) is 0 Å². The van der Waals surface area contributed by atoms with Gasteiger partial charge in [0.15, 0.2) is 6.10 Å². The van der Waals surface area contributed by atoms with E-state index in [0.29, 0.717) is 12.8 Å². The Balaban J connectivity index is 4.47. The number of hydrogen-bond acceptors (Lipinski definition) is 9. The lowest BCUT2D eigenvalue weighted by Crippen LogP contribution is -2.29. The number of phosphoric acid groups is 1. The van der Waals surface area contributed by atoms with Crippen LogP contribution < -0.4 is 0 Å². The van der Waals surface area contributed by atoms with Gasteiger partial charge in [0.2, 0.25) is 0 Å². The molecule has 0 aliphatic heterocycles. The number of esters is 2. The Hall–Kier alpha value is -2.59. The molecular formula is C42H71O10P. The number of phosphoric ester groups is 1. The summed E-state index contributed by atoms with van der Waals surface area (Å²) in [5, 5.41) is 18.3. The van der Waals surface area contributed by atoms with Crippen LogP contribution in [-0.2, 0) is 32.7 Å². The lowest BCUT2D eigenvalue weighted by atomic mass is 10.1. The lowest BCUT2D eigenvalue weighted by Gasteiger charge is -2.20. The normalized spacial score (nSPS) is 14.7. The molecule has 0 bridgehead atoms. The Labute approximate surface area is 320 Å². The zero-order valence-corrected chi connectivity index (χ0v) is 33.6. The molecule has 0 spiro atoms. The Morgan fingerprint density at radius 3 is 1.72 bits per heavy atom. The smallest absolute Gasteiger partial charge is 0.462 e. The number of unbranched alkanes of at least 4 members (excludes halogenated alkanes) is 11. The van der Waals surface area contributed by atoms with Gasteiger partial charge in [-0.05, 0) is 77.0 Å². The van der Waals surface area contributed by atoms with Gasteiger partial charge in [-0.15, -0.1) is 0 Å². The van der Waals surface area contributed by atoms with Crippen molar-refractivity contribution in [3.05, 3.63) is 72.9 Å². The molecule has 304 valence electrons. The van der Waals surface area contributed by atoms with Crippen LogP contribution in [0.5, 0.6) is 0 Å². The summed E-state index contributed by atoms with van der Waals surface area (Å²) in [6.45, 7) is 2.15. The topological polar surface area (TPSA) is 149 Å². The summed E-state index contributed by atoms with van der Waals surface area (Å²) in [5.41, 5.74) is 0. The first-order valence-corrected chi connectivity index (χ1v) is 21.4. The van der Waals surface area contributed by atoms with Crippen molar-refractivity contribution in [3.63, 3.8) is 0 Å². The molecule has 11 heteroatoms. The first-order valence-electron chi connectivity index (χ1n) is 19.9. The fraction of sp³-hybridized carbons (Fsp3) is 0.667. The van der Waals surface area contributed by atoms with Crippen molar-refractivity contribution in [2.45, 2.75) is 154 Å². The molecule has 0 heterocycles. The molecule has 0 amide bonds. The van der Waals surface area contributed by atoms with Crippen LogP contribution in [0.15, 0.2) is 72.9 Å². The Morgan fingerprint density at radius 2 is 1.09 bits per heavy atom. The van der Waals surface area contributed by atoms with Crippen molar-refractivity contribution in [2.75, 3.05) is 26.4 Å². The third-order valence-corrected chi connectivity index (χ3v) is 8.82. The van der Waals surface area contributed by atoms with E-state index in [1.165, 1.54) is 25.7 Å². The molecule has 0 aliphatic carbocycles. The molecule has 0 fully saturated rings. The van der Waals surface area contributed by atoms with E-state index in [-0.39, 0.29) is 19.4 Å². The highest BCUT2D eigenvalue weighted by molar-refractivity contribution is 7.47. The van der Waals surface area contributed by atoms with E-state index in [4.69, 9.17) is 19.1 Å². The van der Waals surface area contributed by atoms with Gasteiger partial charge in [0.05, 0.1) is 19.8 Å². The average Bonchev–Trinajstić information content (AvgIpc) is 3.14. The summed E-state index contributed by atoms with van der Waals surface area (Å²) in [5.74, 6) is -1.000. The molecule has 3 atom stereocenters. The SMILES string of the molecule is CC/C=C/C/C=C/C/C=C/C/C=C/CCCCC(=O)OC[C@H](COP(=O)(O)OC[C@@H](O)CO)OC(=O)CCCCCCC/C=C/C=C/CCCCCC. The molecule has 1 unspecified atom stereocenters. The van der Waals surface area contributed by atoms with Crippen molar-refractivity contribution in [1.82, 2.24) is 0 Å². The number of ether oxygens (including phenoxy) is 2. The molecule has 0 rings (SSSR count). The van der Waals surface area contributed by atoms with E-state index in [0.717, 1.165) is 77.0 Å². The summed E-state index contributed by atoms with van der Waals surface area (Å²) in [7, 11) is -4.63. The fourth-order valence-corrected chi connectivity index (χ4v) is 5.59. The van der Waals surface area contributed by atoms with Crippen LogP contribution in [0.1, 0.15) is 142 Å². The minimum atomic E-state index is -4.63. The van der Waals surface area contributed by atoms with Crippen molar-refractivity contribution in [1.29, 1.82) is 0 Å². The molecule has 0 radical (unpaired) electrons. The van der Waals surface area contributed by atoms with Gasteiger partial charge in [0.1, 0.15) is 12.7 Å². The van der Waals surface area contributed by atoms with Gasteiger partial charge in [-0.25, -0.2) is 4.57 Å². The number of aliphatic hydroxyl groups is 2. The first-order chi connectivity index (χ1) is 25.7. The minimum absolute atomic E-state index is 0.153. The fourth-order valence-electron chi connectivity index (χ4n) is 4.80. The number of hydrogen-bond donors (Lipinski definition) is 3. The molecule has 0 saturated carbocycles. The van der Waals surface area contributed by atoms with E-state index in [1.54, 1.807) is 0 Å². The van der Waals surface area contributed by atoms with Gasteiger partial charge >= 0.3 is 19.8 Å². The van der Waals surface area contributed by atoms with Gasteiger partial charge in [0, 0.05) is 12.8 Å². The predicted octanol–water partition coefficient (Wildman–Crippen LogP) is 10.1. The van der Waals surface area contributed by atoms with Crippen molar-refractivity contribution >= 4 is 19.8 Å². The maximum absolute atomic E-state index is 12.6.